The molecule has 2 heterocycles. The maximum Gasteiger partial charge on any atom is 0.120 e. The fraction of sp³-hybridized carbons (Fsp3) is 0.250. The molecule has 0 unspecified atom stereocenters. The Bertz CT molecular complexity index is 358. The molecule has 0 atom stereocenters. The molecule has 1 aliphatic rings. The molecular weight excluding hydrogens is 186 g/mol. The Balaban J connectivity index is 2.06. The van der Waals surface area contributed by atoms with Crippen LogP contribution in [0.4, 0.5) is 0 Å². The minimum absolute atomic E-state index is 0.298. The van der Waals surface area contributed by atoms with Crippen molar-refractivity contribution < 1.29 is 0 Å². The first-order chi connectivity index (χ1) is 7.27. The van der Waals surface area contributed by atoms with Crippen LogP contribution in [0.25, 0.3) is 6.08 Å². The Morgan fingerprint density at radius 2 is 1.93 bits per heavy atom. The van der Waals surface area contributed by atoms with E-state index in [1.165, 1.54) is 0 Å². The number of rotatable bonds is 2. The molecule has 2 rings (SSSR count). The molecule has 0 saturated heterocycles. The molecule has 0 N–H and O–H groups in total. The number of hydrogen-bond acceptors (Lipinski definition) is 3. The summed E-state index contributed by atoms with van der Waals surface area (Å²) in [6.45, 7) is 0. The molecule has 15 heavy (non-hydrogen) atoms. The molecule has 1 aromatic rings. The summed E-state index contributed by atoms with van der Waals surface area (Å²) in [7, 11) is 4.13. The van der Waals surface area contributed by atoms with Gasteiger partial charge in [0, 0.05) is 32.7 Å². The van der Waals surface area contributed by atoms with Crippen molar-refractivity contribution in [3.05, 3.63) is 48.6 Å². The van der Waals surface area contributed by atoms with E-state index in [0.29, 0.717) is 6.17 Å². The average molecular weight is 201 g/mol. The van der Waals surface area contributed by atoms with Crippen molar-refractivity contribution in [1.82, 2.24) is 14.8 Å². The molecule has 1 aromatic heterocycles. The van der Waals surface area contributed by atoms with Gasteiger partial charge in [0.25, 0.3) is 0 Å². The smallest absolute Gasteiger partial charge is 0.120 e. The van der Waals surface area contributed by atoms with Crippen LogP contribution in [-0.2, 0) is 0 Å². The van der Waals surface area contributed by atoms with Gasteiger partial charge in [-0.15, -0.1) is 0 Å². The number of hydrogen-bond donors (Lipinski definition) is 0. The summed E-state index contributed by atoms with van der Waals surface area (Å²) in [6, 6.07) is 5.92. The van der Waals surface area contributed by atoms with Gasteiger partial charge in [0.05, 0.1) is 5.69 Å². The molecule has 0 saturated carbocycles. The Morgan fingerprint density at radius 3 is 2.53 bits per heavy atom. The van der Waals surface area contributed by atoms with Crippen LogP contribution in [0.5, 0.6) is 0 Å². The van der Waals surface area contributed by atoms with Crippen LogP contribution < -0.4 is 0 Å². The minimum atomic E-state index is 0.298. The highest BCUT2D eigenvalue weighted by molar-refractivity contribution is 5.45. The van der Waals surface area contributed by atoms with Gasteiger partial charge < -0.3 is 9.80 Å². The minimum Gasteiger partial charge on any atom is -0.356 e. The standard InChI is InChI=1S/C12H15N3/c1-14-9-10-15(2)12(14)7-6-11-5-3-4-8-13-11/h3-10,12H,1-2H3. The molecule has 0 radical (unpaired) electrons. The SMILES string of the molecule is CN1C=CN(C)C1C=Cc1ccccn1. The lowest BCUT2D eigenvalue weighted by Gasteiger charge is -2.24. The fourth-order valence-corrected chi connectivity index (χ4v) is 1.60. The third-order valence-corrected chi connectivity index (χ3v) is 2.50. The van der Waals surface area contributed by atoms with Crippen molar-refractivity contribution in [2.45, 2.75) is 6.17 Å². The van der Waals surface area contributed by atoms with Crippen LogP contribution in [0.15, 0.2) is 42.9 Å². The van der Waals surface area contributed by atoms with Crippen LogP contribution >= 0.6 is 0 Å². The molecule has 0 amide bonds. The average Bonchev–Trinajstić information content (AvgIpc) is 2.58. The van der Waals surface area contributed by atoms with Crippen molar-refractivity contribution >= 4 is 6.08 Å². The summed E-state index contributed by atoms with van der Waals surface area (Å²) in [5, 5.41) is 0. The van der Waals surface area contributed by atoms with Crippen LogP contribution in [0, 0.1) is 0 Å². The fourth-order valence-electron chi connectivity index (χ4n) is 1.60. The predicted molar refractivity (Wildman–Crippen MR) is 61.7 cm³/mol. The predicted octanol–water partition coefficient (Wildman–Crippen LogP) is 1.77. The Hall–Kier alpha value is -1.77. The van der Waals surface area contributed by atoms with Gasteiger partial charge in [0.2, 0.25) is 0 Å². The highest BCUT2D eigenvalue weighted by atomic mass is 15.4. The topological polar surface area (TPSA) is 19.4 Å². The molecule has 0 bridgehead atoms. The Kier molecular flexibility index (Phi) is 2.72. The van der Waals surface area contributed by atoms with Crippen molar-refractivity contribution in [2.75, 3.05) is 14.1 Å². The summed E-state index contributed by atoms with van der Waals surface area (Å²) < 4.78 is 0. The van der Waals surface area contributed by atoms with Gasteiger partial charge in [-0.05, 0) is 24.3 Å². The van der Waals surface area contributed by atoms with Gasteiger partial charge in [-0.25, -0.2) is 0 Å². The molecular formula is C12H15N3. The quantitative estimate of drug-likeness (QED) is 0.727. The highest BCUT2D eigenvalue weighted by Gasteiger charge is 2.16. The van der Waals surface area contributed by atoms with Gasteiger partial charge in [-0.1, -0.05) is 6.07 Å². The van der Waals surface area contributed by atoms with Crippen LogP contribution in [0.1, 0.15) is 5.69 Å². The van der Waals surface area contributed by atoms with E-state index in [9.17, 15) is 0 Å². The second-order valence-corrected chi connectivity index (χ2v) is 3.66. The lowest BCUT2D eigenvalue weighted by atomic mass is 10.3. The summed E-state index contributed by atoms with van der Waals surface area (Å²) in [4.78, 5) is 8.55. The molecule has 3 heteroatoms. The van der Waals surface area contributed by atoms with Gasteiger partial charge >= 0.3 is 0 Å². The first kappa shape index (κ1) is 9.77. The van der Waals surface area contributed by atoms with Crippen LogP contribution in [-0.4, -0.2) is 35.0 Å². The number of nitrogens with zero attached hydrogens (tertiary/aromatic N) is 3. The van der Waals surface area contributed by atoms with E-state index in [-0.39, 0.29) is 0 Å². The maximum absolute atomic E-state index is 4.25. The molecule has 3 nitrogen and oxygen atoms in total. The van der Waals surface area contributed by atoms with Gasteiger partial charge in [-0.2, -0.15) is 0 Å². The molecule has 0 fully saturated rings. The monoisotopic (exact) mass is 201 g/mol. The van der Waals surface area contributed by atoms with Crippen LogP contribution in [0.2, 0.25) is 0 Å². The molecule has 1 aliphatic heterocycles. The normalized spacial score (nSPS) is 16.9. The number of likely N-dealkylation sites (N-methyl/N-ethyl adjacent to an activating group) is 2. The largest absolute Gasteiger partial charge is 0.356 e. The van der Waals surface area contributed by atoms with E-state index >= 15 is 0 Å². The lowest BCUT2D eigenvalue weighted by molar-refractivity contribution is 0.258. The first-order valence-electron chi connectivity index (χ1n) is 4.99. The van der Waals surface area contributed by atoms with E-state index in [0.717, 1.165) is 5.69 Å². The molecule has 0 aromatic carbocycles. The van der Waals surface area contributed by atoms with Crippen molar-refractivity contribution in [2.24, 2.45) is 0 Å². The van der Waals surface area contributed by atoms with Crippen molar-refractivity contribution in [3.63, 3.8) is 0 Å². The Morgan fingerprint density at radius 1 is 1.20 bits per heavy atom. The summed E-state index contributed by atoms with van der Waals surface area (Å²) >= 11 is 0. The van der Waals surface area contributed by atoms with Gasteiger partial charge in [-0.3, -0.25) is 4.98 Å². The van der Waals surface area contributed by atoms with E-state index in [1.807, 2.05) is 24.3 Å². The van der Waals surface area contributed by atoms with E-state index < -0.39 is 0 Å². The lowest BCUT2D eigenvalue weighted by Crippen LogP contribution is -2.31. The van der Waals surface area contributed by atoms with Gasteiger partial charge in [0.15, 0.2) is 0 Å². The van der Waals surface area contributed by atoms with Crippen molar-refractivity contribution in [1.29, 1.82) is 0 Å². The third-order valence-electron chi connectivity index (χ3n) is 2.50. The zero-order valence-electron chi connectivity index (χ0n) is 9.04. The van der Waals surface area contributed by atoms with Crippen LogP contribution in [0.3, 0.4) is 0 Å². The number of pyridine rings is 1. The summed E-state index contributed by atoms with van der Waals surface area (Å²) in [6.07, 6.45) is 10.4. The van der Waals surface area contributed by atoms with E-state index in [1.54, 1.807) is 6.20 Å². The van der Waals surface area contributed by atoms with Crippen molar-refractivity contribution in [3.8, 4) is 0 Å². The third kappa shape index (κ3) is 2.18. The first-order valence-corrected chi connectivity index (χ1v) is 4.99. The molecule has 0 aliphatic carbocycles. The highest BCUT2D eigenvalue weighted by Crippen LogP contribution is 2.13. The zero-order chi connectivity index (χ0) is 10.7. The second-order valence-electron chi connectivity index (χ2n) is 3.66. The molecule has 0 spiro atoms. The zero-order valence-corrected chi connectivity index (χ0v) is 9.04. The van der Waals surface area contributed by atoms with E-state index in [4.69, 9.17) is 0 Å². The van der Waals surface area contributed by atoms with E-state index in [2.05, 4.69) is 47.4 Å². The number of aromatic nitrogens is 1. The van der Waals surface area contributed by atoms with Gasteiger partial charge in [0.1, 0.15) is 6.17 Å². The maximum atomic E-state index is 4.25. The molecule has 78 valence electrons. The summed E-state index contributed by atoms with van der Waals surface area (Å²) in [5.74, 6) is 0. The second kappa shape index (κ2) is 4.17. The summed E-state index contributed by atoms with van der Waals surface area (Å²) in [5.41, 5.74) is 0.992. The Labute approximate surface area is 90.3 Å².